The number of ketones is 1. The number of ether oxygens (including phenoxy) is 2. The maximum Gasteiger partial charge on any atom is 0.258 e. The molecule has 1 aliphatic heterocycles. The van der Waals surface area contributed by atoms with E-state index in [-0.39, 0.29) is 11.7 Å². The number of carbonyl (C=O) groups is 2. The zero-order valence-corrected chi connectivity index (χ0v) is 22.3. The summed E-state index contributed by atoms with van der Waals surface area (Å²) in [6.45, 7) is 1.27. The minimum atomic E-state index is -0.257. The number of aromatic nitrogens is 2. The van der Waals surface area contributed by atoms with E-state index in [4.69, 9.17) is 14.5 Å². The average Bonchev–Trinajstić information content (AvgIpc) is 2.92. The lowest BCUT2D eigenvalue weighted by molar-refractivity contribution is -0.119. The van der Waals surface area contributed by atoms with Crippen LogP contribution in [0.2, 0.25) is 0 Å². The van der Waals surface area contributed by atoms with Gasteiger partial charge in [0.05, 0.1) is 19.8 Å². The number of pyridine rings is 2. The number of piperidine rings is 1. The second kappa shape index (κ2) is 12.0. The predicted molar refractivity (Wildman–Crippen MR) is 146 cm³/mol. The van der Waals surface area contributed by atoms with Crippen LogP contribution in [0.25, 0.3) is 0 Å². The van der Waals surface area contributed by atoms with Gasteiger partial charge >= 0.3 is 0 Å². The van der Waals surface area contributed by atoms with Crippen molar-refractivity contribution in [1.82, 2.24) is 9.97 Å². The molecule has 3 aromatic rings. The van der Waals surface area contributed by atoms with Gasteiger partial charge in [-0.15, -0.1) is 11.8 Å². The number of rotatable bonds is 9. The van der Waals surface area contributed by atoms with Gasteiger partial charge < -0.3 is 24.6 Å². The van der Waals surface area contributed by atoms with Crippen molar-refractivity contribution in [2.75, 3.05) is 56.5 Å². The molecule has 1 aliphatic rings. The topological polar surface area (TPSA) is 96.9 Å². The molecule has 1 aromatic carbocycles. The Labute approximate surface area is 221 Å². The molecule has 1 saturated heterocycles. The Bertz CT molecular complexity index is 1270. The van der Waals surface area contributed by atoms with Crippen LogP contribution in [0.3, 0.4) is 0 Å². The Morgan fingerprint density at radius 3 is 2.57 bits per heavy atom. The van der Waals surface area contributed by atoms with Gasteiger partial charge in [-0.3, -0.25) is 9.59 Å². The zero-order valence-electron chi connectivity index (χ0n) is 21.5. The van der Waals surface area contributed by atoms with Gasteiger partial charge in [-0.2, -0.15) is 0 Å². The molecule has 0 atom stereocenters. The van der Waals surface area contributed by atoms with Crippen LogP contribution in [0.4, 0.5) is 17.3 Å². The number of hydrogen-bond acceptors (Lipinski definition) is 9. The summed E-state index contributed by atoms with van der Waals surface area (Å²) in [6, 6.07) is 12.9. The smallest absolute Gasteiger partial charge is 0.258 e. The van der Waals surface area contributed by atoms with E-state index < -0.39 is 0 Å². The summed E-state index contributed by atoms with van der Waals surface area (Å²) >= 11 is 1.47. The van der Waals surface area contributed by atoms with Gasteiger partial charge in [0.2, 0.25) is 0 Å². The van der Waals surface area contributed by atoms with Crippen LogP contribution in [0.15, 0.2) is 53.7 Å². The molecule has 4 rings (SSSR count). The third kappa shape index (κ3) is 6.51. The first-order chi connectivity index (χ1) is 17.9. The second-order valence-electron chi connectivity index (χ2n) is 8.77. The fourth-order valence-corrected chi connectivity index (χ4v) is 4.94. The maximum absolute atomic E-state index is 13.4. The number of amides is 1. The molecule has 0 unspecified atom stereocenters. The maximum atomic E-state index is 13.4. The monoisotopic (exact) mass is 521 g/mol. The fourth-order valence-electron chi connectivity index (χ4n) is 3.93. The molecular weight excluding hydrogens is 490 g/mol. The molecule has 2 aromatic heterocycles. The molecule has 194 valence electrons. The lowest BCUT2D eigenvalue weighted by Crippen LogP contribution is -2.34. The lowest BCUT2D eigenvalue weighted by Gasteiger charge is -2.27. The van der Waals surface area contributed by atoms with Gasteiger partial charge in [0.25, 0.3) is 5.91 Å². The molecule has 9 nitrogen and oxygen atoms in total. The molecule has 0 saturated carbocycles. The molecule has 1 fully saturated rings. The highest BCUT2D eigenvalue weighted by atomic mass is 32.2. The summed E-state index contributed by atoms with van der Waals surface area (Å²) < 4.78 is 10.8. The van der Waals surface area contributed by atoms with E-state index in [2.05, 4.69) is 15.2 Å². The molecule has 3 heterocycles. The van der Waals surface area contributed by atoms with Crippen molar-refractivity contribution in [1.29, 1.82) is 0 Å². The van der Waals surface area contributed by atoms with Crippen LogP contribution in [0.1, 0.15) is 28.8 Å². The van der Waals surface area contributed by atoms with Crippen molar-refractivity contribution < 1.29 is 19.1 Å². The van der Waals surface area contributed by atoms with E-state index in [0.717, 1.165) is 17.2 Å². The van der Waals surface area contributed by atoms with Crippen LogP contribution in [0, 0.1) is 0 Å². The highest BCUT2D eigenvalue weighted by Gasteiger charge is 2.19. The molecule has 0 aliphatic carbocycles. The average molecular weight is 522 g/mol. The van der Waals surface area contributed by atoms with Crippen LogP contribution < -0.4 is 24.6 Å². The molecule has 0 bridgehead atoms. The first-order valence-corrected chi connectivity index (χ1v) is 12.9. The summed E-state index contributed by atoms with van der Waals surface area (Å²) in [6.07, 6.45) is 2.70. The van der Waals surface area contributed by atoms with Crippen LogP contribution >= 0.6 is 11.8 Å². The molecular formula is C27H31N5O4S. The highest BCUT2D eigenvalue weighted by molar-refractivity contribution is 7.98. The Hall–Kier alpha value is -3.79. The molecule has 0 radical (unpaired) electrons. The first kappa shape index (κ1) is 26.3. The van der Waals surface area contributed by atoms with Crippen molar-refractivity contribution in [3.8, 4) is 11.5 Å². The van der Waals surface area contributed by atoms with E-state index in [1.165, 1.54) is 11.8 Å². The van der Waals surface area contributed by atoms with Crippen LogP contribution in [-0.4, -0.2) is 63.1 Å². The SMILES string of the molecule is COc1ccc(CSc2nc(N(C)C)ccc2C(=O)Nc2ccnc(N3CCC(=O)CC3)c2)c(OC)c1. The second-order valence-corrected chi connectivity index (χ2v) is 9.73. The number of Topliss-reactive ketones (excluding diaryl/α,β-unsaturated/α-hetero) is 1. The molecule has 37 heavy (non-hydrogen) atoms. The summed E-state index contributed by atoms with van der Waals surface area (Å²) in [5.74, 6) is 3.50. The van der Waals surface area contributed by atoms with Crippen molar-refractivity contribution in [3.63, 3.8) is 0 Å². The van der Waals surface area contributed by atoms with E-state index in [0.29, 0.717) is 59.5 Å². The van der Waals surface area contributed by atoms with E-state index in [1.54, 1.807) is 32.5 Å². The first-order valence-electron chi connectivity index (χ1n) is 11.9. The third-order valence-electron chi connectivity index (χ3n) is 6.06. The standard InChI is InChI=1S/C27H31N5O4S/c1-31(2)24-8-7-22(27(30-24)37-17-18-5-6-21(35-3)16-23(18)36-4)26(34)29-19-9-12-28-25(15-19)32-13-10-20(33)11-14-32/h5-9,12,15-16H,10-11,13-14,17H2,1-4H3,(H,28,29,34). The molecule has 0 spiro atoms. The molecule has 10 heteroatoms. The normalized spacial score (nSPS) is 13.3. The number of benzene rings is 1. The van der Waals surface area contributed by atoms with Gasteiger partial charge in [-0.1, -0.05) is 6.07 Å². The largest absolute Gasteiger partial charge is 0.497 e. The van der Waals surface area contributed by atoms with Crippen molar-refractivity contribution in [3.05, 3.63) is 59.8 Å². The number of methoxy groups -OCH3 is 2. The minimum absolute atomic E-state index is 0.257. The Balaban J connectivity index is 1.54. The number of carbonyl (C=O) groups excluding carboxylic acids is 2. The van der Waals surface area contributed by atoms with E-state index in [9.17, 15) is 9.59 Å². The summed E-state index contributed by atoms with van der Waals surface area (Å²) in [5.41, 5.74) is 2.08. The fraction of sp³-hybridized carbons (Fsp3) is 0.333. The van der Waals surface area contributed by atoms with Crippen LogP contribution in [-0.2, 0) is 10.5 Å². The quantitative estimate of drug-likeness (QED) is 0.414. The number of nitrogens with one attached hydrogen (secondary N) is 1. The van der Waals surface area contributed by atoms with Crippen molar-refractivity contribution in [2.24, 2.45) is 0 Å². The number of thioether (sulfide) groups is 1. The number of anilines is 3. The number of nitrogens with zero attached hydrogens (tertiary/aromatic N) is 4. The summed E-state index contributed by atoms with van der Waals surface area (Å²) in [7, 11) is 7.06. The lowest BCUT2D eigenvalue weighted by atomic mass is 10.1. The van der Waals surface area contributed by atoms with Crippen molar-refractivity contribution in [2.45, 2.75) is 23.6 Å². The van der Waals surface area contributed by atoms with Gasteiger partial charge in [-0.25, -0.2) is 9.97 Å². The van der Waals surface area contributed by atoms with Crippen LogP contribution in [0.5, 0.6) is 11.5 Å². The van der Waals surface area contributed by atoms with Gasteiger partial charge in [-0.05, 0) is 24.3 Å². The Kier molecular flexibility index (Phi) is 8.50. The molecule has 1 N–H and O–H groups in total. The van der Waals surface area contributed by atoms with Crippen molar-refractivity contribution >= 4 is 40.8 Å². The summed E-state index contributed by atoms with van der Waals surface area (Å²) in [4.78, 5) is 38.1. The van der Waals surface area contributed by atoms with E-state index in [1.807, 2.05) is 49.3 Å². The predicted octanol–water partition coefficient (Wildman–Crippen LogP) is 4.27. The van der Waals surface area contributed by atoms with Gasteiger partial charge in [0, 0.05) is 75.4 Å². The molecule has 1 amide bonds. The number of hydrogen-bond donors (Lipinski definition) is 1. The van der Waals surface area contributed by atoms with E-state index >= 15 is 0 Å². The Morgan fingerprint density at radius 2 is 1.86 bits per heavy atom. The summed E-state index contributed by atoms with van der Waals surface area (Å²) in [5, 5.41) is 3.61. The Morgan fingerprint density at radius 1 is 1.08 bits per heavy atom. The van der Waals surface area contributed by atoms with Gasteiger partial charge in [0.15, 0.2) is 0 Å². The third-order valence-corrected chi connectivity index (χ3v) is 7.10. The highest BCUT2D eigenvalue weighted by Crippen LogP contribution is 2.33. The minimum Gasteiger partial charge on any atom is -0.497 e. The van der Waals surface area contributed by atoms with Gasteiger partial charge in [0.1, 0.15) is 33.9 Å². The zero-order chi connectivity index (χ0) is 26.4.